The maximum absolute atomic E-state index is 12.8. The maximum Gasteiger partial charge on any atom is 0.431 e. The summed E-state index contributed by atoms with van der Waals surface area (Å²) < 4.78 is 44.7. The van der Waals surface area contributed by atoms with Crippen molar-refractivity contribution >= 4 is 5.91 Å². The molecular weight excluding hydrogens is 445 g/mol. The predicted molar refractivity (Wildman–Crippen MR) is 120 cm³/mol. The van der Waals surface area contributed by atoms with Crippen molar-refractivity contribution in [2.24, 2.45) is 17.8 Å². The Kier molecular flexibility index (Phi) is 6.98. The van der Waals surface area contributed by atoms with Crippen LogP contribution in [0.25, 0.3) is 0 Å². The summed E-state index contributed by atoms with van der Waals surface area (Å²) in [6.07, 6.45) is 6.70. The Labute approximate surface area is 196 Å². The summed E-state index contributed by atoms with van der Waals surface area (Å²) in [6, 6.07) is 4.17. The first-order valence-corrected chi connectivity index (χ1v) is 11.4. The second kappa shape index (κ2) is 9.94. The number of H-pyrrole nitrogens is 1. The summed E-state index contributed by atoms with van der Waals surface area (Å²) in [5.74, 6) is 0.806. The van der Waals surface area contributed by atoms with Gasteiger partial charge in [-0.25, -0.2) is 0 Å². The van der Waals surface area contributed by atoms with Gasteiger partial charge >= 0.3 is 6.18 Å². The number of nitrogens with zero attached hydrogens (tertiary/aromatic N) is 1. The normalized spacial score (nSPS) is 24.9. The number of allylic oxidation sites excluding steroid dienone is 6. The summed E-state index contributed by atoms with van der Waals surface area (Å²) in [4.78, 5) is 14.5. The van der Waals surface area contributed by atoms with Crippen molar-refractivity contribution in [3.05, 3.63) is 70.8 Å². The van der Waals surface area contributed by atoms with Gasteiger partial charge in [-0.15, -0.1) is 0 Å². The smallest absolute Gasteiger partial charge is 0.431 e. The number of rotatable bonds is 7. The van der Waals surface area contributed by atoms with Crippen molar-refractivity contribution in [1.82, 2.24) is 15.6 Å². The lowest BCUT2D eigenvalue weighted by Gasteiger charge is -2.30. The van der Waals surface area contributed by atoms with E-state index in [0.29, 0.717) is 12.0 Å². The number of carbonyl (C=O) groups is 1. The zero-order chi connectivity index (χ0) is 24.3. The van der Waals surface area contributed by atoms with Gasteiger partial charge in [0.2, 0.25) is 0 Å². The molecule has 1 aromatic rings. The molecule has 180 valence electrons. The number of nitrogens with one attached hydrogen (secondary N) is 3. The Bertz CT molecular complexity index is 1090. The van der Waals surface area contributed by atoms with E-state index in [9.17, 15) is 23.2 Å². The van der Waals surface area contributed by atoms with Gasteiger partial charge in [-0.1, -0.05) is 25.2 Å². The average molecular weight is 473 g/mol. The summed E-state index contributed by atoms with van der Waals surface area (Å²) in [5, 5.41) is 15.3. The highest BCUT2D eigenvalue weighted by Crippen LogP contribution is 2.38. The van der Waals surface area contributed by atoms with E-state index in [1.165, 1.54) is 0 Å². The SMILES string of the molecule is CCC(CNC(=O)c1ccc(C(F)(F)F)[nH]1)OC1=CC(C2C=C(C#N)C=CC2)=CC2CNCC12. The quantitative estimate of drug-likeness (QED) is 0.554. The van der Waals surface area contributed by atoms with Crippen LogP contribution in [0.1, 0.15) is 35.9 Å². The number of fused-ring (bicyclic) bond motifs is 1. The molecule has 3 aliphatic rings. The van der Waals surface area contributed by atoms with E-state index in [-0.39, 0.29) is 36.1 Å². The molecule has 2 heterocycles. The summed E-state index contributed by atoms with van der Waals surface area (Å²) in [7, 11) is 0. The lowest BCUT2D eigenvalue weighted by molar-refractivity contribution is -0.140. The minimum absolute atomic E-state index is 0.107. The van der Waals surface area contributed by atoms with E-state index in [4.69, 9.17) is 4.74 Å². The molecule has 4 atom stereocenters. The van der Waals surface area contributed by atoms with Crippen molar-refractivity contribution in [1.29, 1.82) is 5.26 Å². The third kappa shape index (κ3) is 5.28. The molecule has 3 N–H and O–H groups in total. The number of halogens is 3. The van der Waals surface area contributed by atoms with E-state index in [1.54, 1.807) is 0 Å². The van der Waals surface area contributed by atoms with Gasteiger partial charge in [-0.2, -0.15) is 18.4 Å². The van der Waals surface area contributed by atoms with Crippen molar-refractivity contribution in [3.63, 3.8) is 0 Å². The molecule has 1 amide bonds. The molecule has 4 rings (SSSR count). The van der Waals surface area contributed by atoms with Gasteiger partial charge in [0.05, 0.1) is 12.6 Å². The number of hydrogen-bond acceptors (Lipinski definition) is 4. The third-order valence-corrected chi connectivity index (χ3v) is 6.45. The van der Waals surface area contributed by atoms with Crippen LogP contribution in [0.4, 0.5) is 13.2 Å². The summed E-state index contributed by atoms with van der Waals surface area (Å²) in [6.45, 7) is 3.73. The number of aromatic amines is 1. The van der Waals surface area contributed by atoms with Crippen LogP contribution >= 0.6 is 0 Å². The molecule has 1 aromatic heterocycles. The third-order valence-electron chi connectivity index (χ3n) is 6.45. The highest BCUT2D eigenvalue weighted by molar-refractivity contribution is 5.92. The van der Waals surface area contributed by atoms with Crippen LogP contribution in [0.5, 0.6) is 0 Å². The topological polar surface area (TPSA) is 89.9 Å². The van der Waals surface area contributed by atoms with E-state index >= 15 is 0 Å². The molecule has 1 fully saturated rings. The first-order valence-electron chi connectivity index (χ1n) is 11.4. The Morgan fingerprint density at radius 3 is 2.85 bits per heavy atom. The molecule has 6 nitrogen and oxygen atoms in total. The van der Waals surface area contributed by atoms with Crippen molar-refractivity contribution in [2.75, 3.05) is 19.6 Å². The fraction of sp³-hybridized carbons (Fsp3) is 0.440. The first-order chi connectivity index (χ1) is 16.3. The monoisotopic (exact) mass is 472 g/mol. The highest BCUT2D eigenvalue weighted by atomic mass is 19.4. The molecule has 4 unspecified atom stereocenters. The number of alkyl halides is 3. The van der Waals surface area contributed by atoms with Crippen LogP contribution in [0, 0.1) is 29.1 Å². The van der Waals surface area contributed by atoms with Gasteiger partial charge in [-0.05, 0) is 42.7 Å². The standard InChI is InChI=1S/C25H27F3N4O2/c1-2-19(13-31-24(33)21-6-7-23(32-21)25(26,27)28)34-22-10-17(9-18-12-30-14-20(18)22)16-5-3-4-15(8-16)11-29/h3-4,6-10,16,18-20,30,32H,2,5,12-14H2,1H3,(H,31,33). The number of amides is 1. The number of nitriles is 1. The Morgan fingerprint density at radius 2 is 2.15 bits per heavy atom. The molecular formula is C25H27F3N4O2. The molecule has 0 aromatic carbocycles. The van der Waals surface area contributed by atoms with E-state index in [1.807, 2.05) is 25.2 Å². The molecule has 34 heavy (non-hydrogen) atoms. The Balaban J connectivity index is 1.43. The molecule has 1 saturated heterocycles. The number of carbonyl (C=O) groups excluding carboxylic acids is 1. The lowest BCUT2D eigenvalue weighted by Crippen LogP contribution is -2.35. The maximum atomic E-state index is 12.8. The first kappa shape index (κ1) is 23.9. The Morgan fingerprint density at radius 1 is 1.32 bits per heavy atom. The molecule has 0 bridgehead atoms. The minimum atomic E-state index is -4.53. The molecule has 0 saturated carbocycles. The van der Waals surface area contributed by atoms with Crippen molar-refractivity contribution < 1.29 is 22.7 Å². The van der Waals surface area contributed by atoms with Crippen LogP contribution in [-0.2, 0) is 10.9 Å². The van der Waals surface area contributed by atoms with Crippen LogP contribution in [0.15, 0.2) is 59.4 Å². The second-order valence-electron chi connectivity index (χ2n) is 8.76. The molecule has 9 heteroatoms. The van der Waals surface area contributed by atoms with E-state index in [2.05, 4.69) is 33.8 Å². The van der Waals surface area contributed by atoms with Crippen LogP contribution in [0.3, 0.4) is 0 Å². The van der Waals surface area contributed by atoms with E-state index in [0.717, 1.165) is 43.0 Å². The van der Waals surface area contributed by atoms with Gasteiger partial charge in [0, 0.05) is 36.4 Å². The number of aromatic nitrogens is 1. The predicted octanol–water partition coefficient (Wildman–Crippen LogP) is 4.24. The number of hydrogen-bond donors (Lipinski definition) is 3. The van der Waals surface area contributed by atoms with Crippen molar-refractivity contribution in [3.8, 4) is 6.07 Å². The van der Waals surface area contributed by atoms with Crippen LogP contribution < -0.4 is 10.6 Å². The highest BCUT2D eigenvalue weighted by Gasteiger charge is 2.35. The van der Waals surface area contributed by atoms with Crippen LogP contribution in [-0.4, -0.2) is 36.6 Å². The number of ether oxygens (including phenoxy) is 1. The van der Waals surface area contributed by atoms with Gasteiger partial charge in [-0.3, -0.25) is 4.79 Å². The van der Waals surface area contributed by atoms with Gasteiger partial charge in [0.15, 0.2) is 0 Å². The zero-order valence-corrected chi connectivity index (χ0v) is 18.8. The average Bonchev–Trinajstić information content (AvgIpc) is 3.51. The molecule has 0 radical (unpaired) electrons. The van der Waals surface area contributed by atoms with Crippen molar-refractivity contribution in [2.45, 2.75) is 32.0 Å². The molecule has 0 spiro atoms. The second-order valence-corrected chi connectivity index (χ2v) is 8.76. The largest absolute Gasteiger partial charge is 0.493 e. The fourth-order valence-corrected chi connectivity index (χ4v) is 4.55. The van der Waals surface area contributed by atoms with Gasteiger partial charge in [0.25, 0.3) is 5.91 Å². The van der Waals surface area contributed by atoms with Crippen LogP contribution in [0.2, 0.25) is 0 Å². The lowest BCUT2D eigenvalue weighted by atomic mass is 9.80. The summed E-state index contributed by atoms with van der Waals surface area (Å²) >= 11 is 0. The molecule has 1 aliphatic heterocycles. The molecule has 2 aliphatic carbocycles. The summed E-state index contributed by atoms with van der Waals surface area (Å²) in [5.41, 5.74) is 0.655. The Hall–Kier alpha value is -3.25. The fourth-order valence-electron chi connectivity index (χ4n) is 4.55. The van der Waals surface area contributed by atoms with Gasteiger partial charge < -0.3 is 20.4 Å². The minimum Gasteiger partial charge on any atom is -0.493 e. The van der Waals surface area contributed by atoms with Gasteiger partial charge in [0.1, 0.15) is 23.3 Å². The zero-order valence-electron chi connectivity index (χ0n) is 18.8. The van der Waals surface area contributed by atoms with E-state index < -0.39 is 17.8 Å².